The molecule has 2 fully saturated rings. The Labute approximate surface area is 123 Å². The van der Waals surface area contributed by atoms with Crippen LogP contribution in [0.1, 0.15) is 66.2 Å². The Hall–Kier alpha value is -0.180. The number of thioether (sulfide) groups is 1. The smallest absolute Gasteiger partial charge is 0.157 e. The highest BCUT2D eigenvalue weighted by Crippen LogP contribution is 2.38. The Morgan fingerprint density at radius 2 is 2.16 bits per heavy atom. The lowest BCUT2D eigenvalue weighted by Gasteiger charge is -2.36. The van der Waals surface area contributed by atoms with Crippen LogP contribution < -0.4 is 5.32 Å². The fourth-order valence-electron chi connectivity index (χ4n) is 3.32. The molecule has 1 aliphatic heterocycles. The van der Waals surface area contributed by atoms with E-state index in [1.54, 1.807) is 0 Å². The molecule has 110 valence electrons. The van der Waals surface area contributed by atoms with Gasteiger partial charge in [-0.3, -0.25) is 4.99 Å². The molecule has 0 aromatic rings. The zero-order chi connectivity index (χ0) is 13.9. The molecule has 0 radical (unpaired) electrons. The van der Waals surface area contributed by atoms with E-state index in [9.17, 15) is 0 Å². The summed E-state index contributed by atoms with van der Waals surface area (Å²) in [6, 6.07) is 0.466. The van der Waals surface area contributed by atoms with E-state index in [4.69, 9.17) is 4.99 Å². The zero-order valence-electron chi connectivity index (χ0n) is 13.0. The van der Waals surface area contributed by atoms with Gasteiger partial charge >= 0.3 is 0 Å². The summed E-state index contributed by atoms with van der Waals surface area (Å²) >= 11 is 1.95. The molecule has 3 unspecified atom stereocenters. The summed E-state index contributed by atoms with van der Waals surface area (Å²) < 4.78 is 0. The fraction of sp³-hybridized carbons (Fsp3) is 0.938. The topological polar surface area (TPSA) is 24.4 Å². The van der Waals surface area contributed by atoms with Crippen LogP contribution >= 0.6 is 11.8 Å². The van der Waals surface area contributed by atoms with Gasteiger partial charge in [0.05, 0.1) is 0 Å². The summed E-state index contributed by atoms with van der Waals surface area (Å²) in [7, 11) is 0. The van der Waals surface area contributed by atoms with Gasteiger partial charge in [0, 0.05) is 17.3 Å². The van der Waals surface area contributed by atoms with Crippen LogP contribution in [0, 0.1) is 11.8 Å². The van der Waals surface area contributed by atoms with Crippen molar-refractivity contribution >= 4 is 16.9 Å². The molecule has 1 N–H and O–H groups in total. The van der Waals surface area contributed by atoms with E-state index < -0.39 is 0 Å². The van der Waals surface area contributed by atoms with E-state index in [0.29, 0.717) is 11.6 Å². The van der Waals surface area contributed by atoms with Crippen molar-refractivity contribution < 1.29 is 0 Å². The highest BCUT2D eigenvalue weighted by atomic mass is 32.2. The van der Waals surface area contributed by atoms with Gasteiger partial charge in [-0.1, -0.05) is 45.4 Å². The molecule has 1 heterocycles. The molecular formula is C16H30N2S. The van der Waals surface area contributed by atoms with Gasteiger partial charge in [-0.15, -0.1) is 0 Å². The van der Waals surface area contributed by atoms with Gasteiger partial charge < -0.3 is 5.32 Å². The standard InChI is InChI=1S/C16H30N2S/c1-12(2)7-8-14(4)17-15-18-16(11-19-15)9-5-6-13(3)10-16/h12-14H,5-11H2,1-4H3,(H,17,18). The molecule has 19 heavy (non-hydrogen) atoms. The molecule has 3 heteroatoms. The van der Waals surface area contributed by atoms with Crippen molar-refractivity contribution in [3.05, 3.63) is 0 Å². The van der Waals surface area contributed by atoms with Crippen LogP contribution in [-0.2, 0) is 0 Å². The van der Waals surface area contributed by atoms with E-state index in [2.05, 4.69) is 33.0 Å². The normalized spacial score (nSPS) is 35.0. The van der Waals surface area contributed by atoms with Crippen molar-refractivity contribution in [1.82, 2.24) is 5.32 Å². The molecule has 3 atom stereocenters. The fourth-order valence-corrected chi connectivity index (χ4v) is 4.61. The molecule has 1 saturated heterocycles. The molecule has 0 aromatic heterocycles. The van der Waals surface area contributed by atoms with Crippen molar-refractivity contribution in [3.8, 4) is 0 Å². The van der Waals surface area contributed by atoms with E-state index in [1.807, 2.05) is 11.8 Å². The predicted octanol–water partition coefficient (Wildman–Crippen LogP) is 4.45. The van der Waals surface area contributed by atoms with E-state index in [-0.39, 0.29) is 0 Å². The molecule has 0 amide bonds. The minimum atomic E-state index is 0.374. The van der Waals surface area contributed by atoms with Crippen LogP contribution in [0.5, 0.6) is 0 Å². The zero-order valence-corrected chi connectivity index (χ0v) is 13.9. The maximum Gasteiger partial charge on any atom is 0.157 e. The Kier molecular flexibility index (Phi) is 5.22. The maximum atomic E-state index is 4.89. The average molecular weight is 282 g/mol. The van der Waals surface area contributed by atoms with Crippen LogP contribution in [0.4, 0.5) is 0 Å². The van der Waals surface area contributed by atoms with E-state index in [1.165, 1.54) is 49.4 Å². The van der Waals surface area contributed by atoms with Crippen molar-refractivity contribution in [2.24, 2.45) is 16.8 Å². The largest absolute Gasteiger partial charge is 0.359 e. The number of nitrogens with zero attached hydrogens (tertiary/aromatic N) is 1. The lowest BCUT2D eigenvalue weighted by atomic mass is 9.78. The SMILES string of the molecule is CC(C)CCC(C)N=C1NC2(CCCC(C)C2)CS1. The predicted molar refractivity (Wildman–Crippen MR) is 86.9 cm³/mol. The van der Waals surface area contributed by atoms with Crippen LogP contribution in [-0.4, -0.2) is 22.5 Å². The second kappa shape index (κ2) is 6.51. The first kappa shape index (κ1) is 15.2. The number of hydrogen-bond acceptors (Lipinski definition) is 2. The number of aliphatic imine (C=N–C) groups is 1. The number of nitrogens with one attached hydrogen (secondary N) is 1. The second-order valence-corrected chi connectivity index (χ2v) is 8.11. The summed E-state index contributed by atoms with van der Waals surface area (Å²) in [4.78, 5) is 4.89. The van der Waals surface area contributed by atoms with Crippen LogP contribution in [0.2, 0.25) is 0 Å². The van der Waals surface area contributed by atoms with Gasteiger partial charge in [0.15, 0.2) is 5.17 Å². The summed E-state index contributed by atoms with van der Waals surface area (Å²) in [5.41, 5.74) is 0.374. The van der Waals surface area contributed by atoms with Gasteiger partial charge in [-0.2, -0.15) is 0 Å². The van der Waals surface area contributed by atoms with Crippen LogP contribution in [0.15, 0.2) is 4.99 Å². The van der Waals surface area contributed by atoms with Crippen molar-refractivity contribution in [2.45, 2.75) is 77.8 Å². The molecule has 1 spiro atoms. The highest BCUT2D eigenvalue weighted by Gasteiger charge is 2.40. The van der Waals surface area contributed by atoms with Gasteiger partial charge in [0.25, 0.3) is 0 Å². The van der Waals surface area contributed by atoms with Crippen LogP contribution in [0.25, 0.3) is 0 Å². The van der Waals surface area contributed by atoms with E-state index >= 15 is 0 Å². The van der Waals surface area contributed by atoms with Gasteiger partial charge in [0.1, 0.15) is 0 Å². The first-order valence-electron chi connectivity index (χ1n) is 7.98. The lowest BCUT2D eigenvalue weighted by molar-refractivity contribution is 0.242. The summed E-state index contributed by atoms with van der Waals surface area (Å²) in [6.45, 7) is 9.24. The number of rotatable bonds is 4. The molecule has 1 aliphatic carbocycles. The third-order valence-electron chi connectivity index (χ3n) is 4.45. The quantitative estimate of drug-likeness (QED) is 0.823. The van der Waals surface area contributed by atoms with Gasteiger partial charge in [-0.25, -0.2) is 0 Å². The summed E-state index contributed by atoms with van der Waals surface area (Å²) in [6.07, 6.45) is 7.96. The minimum absolute atomic E-state index is 0.374. The van der Waals surface area contributed by atoms with Gasteiger partial charge in [-0.05, 0) is 44.4 Å². The average Bonchev–Trinajstić information content (AvgIpc) is 2.69. The third-order valence-corrected chi connectivity index (χ3v) is 5.63. The summed E-state index contributed by atoms with van der Waals surface area (Å²) in [5.74, 6) is 2.89. The van der Waals surface area contributed by atoms with Gasteiger partial charge in [0.2, 0.25) is 0 Å². The van der Waals surface area contributed by atoms with Crippen molar-refractivity contribution in [2.75, 3.05) is 5.75 Å². The third kappa shape index (κ3) is 4.40. The Morgan fingerprint density at radius 3 is 2.84 bits per heavy atom. The van der Waals surface area contributed by atoms with Crippen molar-refractivity contribution in [3.63, 3.8) is 0 Å². The molecule has 2 nitrogen and oxygen atoms in total. The monoisotopic (exact) mass is 282 g/mol. The molecular weight excluding hydrogens is 252 g/mol. The Morgan fingerprint density at radius 1 is 1.37 bits per heavy atom. The number of amidine groups is 1. The highest BCUT2D eigenvalue weighted by molar-refractivity contribution is 8.14. The molecule has 0 aromatic carbocycles. The minimum Gasteiger partial charge on any atom is -0.359 e. The molecule has 1 saturated carbocycles. The Bertz CT molecular complexity index is 327. The molecule has 0 bridgehead atoms. The number of hydrogen-bond donors (Lipinski definition) is 1. The van der Waals surface area contributed by atoms with Crippen molar-refractivity contribution in [1.29, 1.82) is 0 Å². The summed E-state index contributed by atoms with van der Waals surface area (Å²) in [5, 5.41) is 4.98. The molecule has 2 aliphatic rings. The lowest BCUT2D eigenvalue weighted by Crippen LogP contribution is -2.47. The maximum absolute atomic E-state index is 4.89. The van der Waals surface area contributed by atoms with Crippen LogP contribution in [0.3, 0.4) is 0 Å². The first-order valence-corrected chi connectivity index (χ1v) is 8.96. The van der Waals surface area contributed by atoms with E-state index in [0.717, 1.165) is 11.8 Å². The first-order chi connectivity index (χ1) is 8.99. The Balaban J connectivity index is 1.86. The second-order valence-electron chi connectivity index (χ2n) is 7.15. The molecule has 2 rings (SSSR count).